The minimum atomic E-state index is 0.182. The fourth-order valence-electron chi connectivity index (χ4n) is 3.66. The van der Waals surface area contributed by atoms with Gasteiger partial charge in [-0.3, -0.25) is 0 Å². The zero-order valence-corrected chi connectivity index (χ0v) is 13.6. The van der Waals surface area contributed by atoms with E-state index in [0.29, 0.717) is 6.04 Å². The molecule has 0 aliphatic heterocycles. The van der Waals surface area contributed by atoms with Gasteiger partial charge in [0, 0.05) is 28.6 Å². The highest BCUT2D eigenvalue weighted by Gasteiger charge is 2.18. The second-order valence-corrected chi connectivity index (χ2v) is 6.55. The molecule has 0 saturated heterocycles. The summed E-state index contributed by atoms with van der Waals surface area (Å²) in [7, 11) is 0. The average Bonchev–Trinajstić information content (AvgIpc) is 3.36. The Kier molecular flexibility index (Phi) is 3.12. The lowest BCUT2D eigenvalue weighted by molar-refractivity contribution is 0.462. The van der Waals surface area contributed by atoms with Gasteiger partial charge in [-0.25, -0.2) is 14.5 Å². The van der Waals surface area contributed by atoms with E-state index in [1.54, 1.807) is 12.5 Å². The molecule has 0 radical (unpaired) electrons. The van der Waals surface area contributed by atoms with Gasteiger partial charge in [0.05, 0.1) is 11.9 Å². The summed E-state index contributed by atoms with van der Waals surface area (Å²) < 4.78 is 1.82. The Labute approximate surface area is 143 Å². The third kappa shape index (κ3) is 2.31. The quantitative estimate of drug-likeness (QED) is 0.534. The van der Waals surface area contributed by atoms with Crippen LogP contribution >= 0.6 is 0 Å². The van der Waals surface area contributed by atoms with Gasteiger partial charge < -0.3 is 15.4 Å². The van der Waals surface area contributed by atoms with Crippen molar-refractivity contribution in [2.45, 2.75) is 31.7 Å². The van der Waals surface area contributed by atoms with Gasteiger partial charge in [-0.1, -0.05) is 18.9 Å². The molecule has 7 nitrogen and oxygen atoms in total. The number of benzene rings is 1. The van der Waals surface area contributed by atoms with Crippen LogP contribution in [0.4, 0.5) is 5.82 Å². The molecular formula is C18H18N6O. The third-order valence-electron chi connectivity index (χ3n) is 4.97. The fraction of sp³-hybridized carbons (Fsp3) is 0.278. The van der Waals surface area contributed by atoms with Crippen molar-refractivity contribution in [2.24, 2.45) is 0 Å². The highest BCUT2D eigenvalue weighted by atomic mass is 16.3. The van der Waals surface area contributed by atoms with Gasteiger partial charge in [0.25, 0.3) is 0 Å². The summed E-state index contributed by atoms with van der Waals surface area (Å²) in [5, 5.41) is 19.4. The standard InChI is InChI=1S/C18H18N6O/c25-18-14-6-5-11(7-12(14)8-20-18)15-9-19-16(17-21-10-22-24(15)17)23-13-3-1-2-4-13/h5-10,13,20,25H,1-4H2,(H,19,23). The fourth-order valence-corrected chi connectivity index (χ4v) is 3.66. The lowest BCUT2D eigenvalue weighted by Crippen LogP contribution is -2.16. The van der Waals surface area contributed by atoms with Gasteiger partial charge in [0.1, 0.15) is 6.33 Å². The second kappa shape index (κ2) is 5.47. The van der Waals surface area contributed by atoms with E-state index >= 15 is 0 Å². The van der Waals surface area contributed by atoms with Crippen LogP contribution in [0.25, 0.3) is 27.7 Å². The molecule has 3 heterocycles. The molecule has 0 atom stereocenters. The SMILES string of the molecule is Oc1[nH]cc2cc(-c3cnc(NC4CCCC4)c4ncnn34)ccc12. The Morgan fingerprint density at radius 3 is 2.96 bits per heavy atom. The van der Waals surface area contributed by atoms with Crippen molar-refractivity contribution < 1.29 is 5.11 Å². The largest absolute Gasteiger partial charge is 0.494 e. The van der Waals surface area contributed by atoms with Gasteiger partial charge in [0.2, 0.25) is 0 Å². The van der Waals surface area contributed by atoms with Crippen LogP contribution in [0.1, 0.15) is 25.7 Å². The summed E-state index contributed by atoms with van der Waals surface area (Å²) in [5.74, 6) is 0.968. The topological polar surface area (TPSA) is 91.1 Å². The molecular weight excluding hydrogens is 316 g/mol. The number of nitrogens with one attached hydrogen (secondary N) is 2. The molecule has 1 saturated carbocycles. The van der Waals surface area contributed by atoms with E-state index in [9.17, 15) is 5.11 Å². The average molecular weight is 334 g/mol. The number of anilines is 1. The van der Waals surface area contributed by atoms with E-state index in [1.807, 2.05) is 28.9 Å². The highest BCUT2D eigenvalue weighted by Crippen LogP contribution is 2.30. The monoisotopic (exact) mass is 334 g/mol. The van der Waals surface area contributed by atoms with Crippen LogP contribution in [0, 0.1) is 0 Å². The number of H-pyrrole nitrogens is 1. The first-order valence-corrected chi connectivity index (χ1v) is 8.55. The maximum absolute atomic E-state index is 9.78. The third-order valence-corrected chi connectivity index (χ3v) is 4.97. The van der Waals surface area contributed by atoms with Gasteiger partial charge in [-0.05, 0) is 25.0 Å². The van der Waals surface area contributed by atoms with Crippen LogP contribution in [0.3, 0.4) is 0 Å². The first-order chi connectivity index (χ1) is 12.3. The van der Waals surface area contributed by atoms with Crippen LogP contribution < -0.4 is 5.32 Å². The molecule has 0 unspecified atom stereocenters. The molecule has 1 fully saturated rings. The smallest absolute Gasteiger partial charge is 0.198 e. The molecule has 7 heteroatoms. The Balaban J connectivity index is 1.59. The van der Waals surface area contributed by atoms with Gasteiger partial charge in [0.15, 0.2) is 17.3 Å². The van der Waals surface area contributed by atoms with E-state index < -0.39 is 0 Å². The van der Waals surface area contributed by atoms with Gasteiger partial charge >= 0.3 is 0 Å². The molecule has 3 aromatic heterocycles. The van der Waals surface area contributed by atoms with Crippen molar-refractivity contribution in [3.05, 3.63) is 36.9 Å². The number of aromatic amines is 1. The Bertz CT molecular complexity index is 1060. The Hall–Kier alpha value is -3.09. The summed E-state index contributed by atoms with van der Waals surface area (Å²) in [6, 6.07) is 6.33. The second-order valence-electron chi connectivity index (χ2n) is 6.55. The Morgan fingerprint density at radius 2 is 2.08 bits per heavy atom. The minimum Gasteiger partial charge on any atom is -0.494 e. The molecule has 4 aromatic rings. The normalized spacial score (nSPS) is 15.4. The molecule has 0 bridgehead atoms. The predicted octanol–water partition coefficient (Wildman–Crippen LogP) is 3.33. The zero-order chi connectivity index (χ0) is 16.8. The first kappa shape index (κ1) is 14.3. The molecule has 0 spiro atoms. The Morgan fingerprint density at radius 1 is 1.20 bits per heavy atom. The number of aromatic hydroxyl groups is 1. The van der Waals surface area contributed by atoms with E-state index in [2.05, 4.69) is 25.4 Å². The number of hydrogen-bond acceptors (Lipinski definition) is 5. The number of nitrogens with zero attached hydrogens (tertiary/aromatic N) is 4. The lowest BCUT2D eigenvalue weighted by atomic mass is 10.1. The first-order valence-electron chi connectivity index (χ1n) is 8.55. The van der Waals surface area contributed by atoms with Crippen molar-refractivity contribution in [1.29, 1.82) is 0 Å². The number of rotatable bonds is 3. The van der Waals surface area contributed by atoms with Gasteiger partial charge in [-0.2, -0.15) is 5.10 Å². The summed E-state index contributed by atoms with van der Waals surface area (Å²) in [6.45, 7) is 0. The molecule has 1 aliphatic carbocycles. The van der Waals surface area contributed by atoms with Crippen LogP contribution in [0.15, 0.2) is 36.9 Å². The van der Waals surface area contributed by atoms with Gasteiger partial charge in [-0.15, -0.1) is 0 Å². The van der Waals surface area contributed by atoms with Crippen LogP contribution in [-0.4, -0.2) is 35.7 Å². The van der Waals surface area contributed by atoms with Crippen LogP contribution in [0.5, 0.6) is 5.88 Å². The summed E-state index contributed by atoms with van der Waals surface area (Å²) >= 11 is 0. The molecule has 25 heavy (non-hydrogen) atoms. The van der Waals surface area contributed by atoms with E-state index in [1.165, 1.54) is 25.7 Å². The number of fused-ring (bicyclic) bond motifs is 2. The molecule has 1 aromatic carbocycles. The summed E-state index contributed by atoms with van der Waals surface area (Å²) in [4.78, 5) is 11.8. The van der Waals surface area contributed by atoms with Crippen LogP contribution in [0.2, 0.25) is 0 Å². The minimum absolute atomic E-state index is 0.182. The number of hydrogen-bond donors (Lipinski definition) is 3. The maximum atomic E-state index is 9.78. The van der Waals surface area contributed by atoms with Crippen molar-refractivity contribution in [3.8, 4) is 17.1 Å². The number of aromatic nitrogens is 5. The molecule has 3 N–H and O–H groups in total. The predicted molar refractivity (Wildman–Crippen MR) is 95.6 cm³/mol. The highest BCUT2D eigenvalue weighted by molar-refractivity contribution is 5.91. The van der Waals surface area contributed by atoms with Crippen molar-refractivity contribution in [2.75, 3.05) is 5.32 Å². The lowest BCUT2D eigenvalue weighted by Gasteiger charge is -2.14. The van der Waals surface area contributed by atoms with E-state index in [0.717, 1.165) is 33.5 Å². The van der Waals surface area contributed by atoms with Crippen LogP contribution in [-0.2, 0) is 0 Å². The van der Waals surface area contributed by atoms with Crippen molar-refractivity contribution in [3.63, 3.8) is 0 Å². The van der Waals surface area contributed by atoms with Crippen molar-refractivity contribution >= 4 is 22.2 Å². The molecule has 0 amide bonds. The van der Waals surface area contributed by atoms with E-state index in [4.69, 9.17) is 0 Å². The molecule has 126 valence electrons. The maximum Gasteiger partial charge on any atom is 0.198 e. The van der Waals surface area contributed by atoms with Crippen molar-refractivity contribution in [1.82, 2.24) is 24.6 Å². The summed E-state index contributed by atoms with van der Waals surface area (Å²) in [6.07, 6.45) is 10.1. The molecule has 5 rings (SSSR count). The molecule has 1 aliphatic rings. The zero-order valence-electron chi connectivity index (χ0n) is 13.6. The van der Waals surface area contributed by atoms with E-state index in [-0.39, 0.29) is 5.88 Å². The summed E-state index contributed by atoms with van der Waals surface area (Å²) in [5.41, 5.74) is 2.58.